The molecular weight excluding hydrogens is 498 g/mol. The average molecular weight is 542 g/mol. The van der Waals surface area contributed by atoms with Crippen LogP contribution in [-0.2, 0) is 28.7 Å². The Balaban J connectivity index is 0.000000143. The van der Waals surface area contributed by atoms with Gasteiger partial charge >= 0.3 is 77.7 Å². The van der Waals surface area contributed by atoms with E-state index in [0.717, 1.165) is 30.1 Å². The molecule has 0 amide bonds. The zero-order valence-corrected chi connectivity index (χ0v) is 27.0. The third kappa shape index (κ3) is 5.98. The van der Waals surface area contributed by atoms with Gasteiger partial charge in [-0.05, 0) is 10.8 Å². The molecule has 0 aliphatic heterocycles. The predicted octanol–water partition coefficient (Wildman–Crippen LogP) is 9.77. The van der Waals surface area contributed by atoms with Gasteiger partial charge < -0.3 is 0 Å². The van der Waals surface area contributed by atoms with Crippen LogP contribution in [0.5, 0.6) is 0 Å². The van der Waals surface area contributed by atoms with Gasteiger partial charge in [-0.2, -0.15) is 6.08 Å². The molecule has 0 radical (unpaired) electrons. The summed E-state index contributed by atoms with van der Waals surface area (Å²) < 4.78 is 2.00. The molecule has 4 saturated carbocycles. The fourth-order valence-corrected chi connectivity index (χ4v) is 8.46. The number of rotatable bonds is 0. The summed E-state index contributed by atoms with van der Waals surface area (Å²) in [5.41, 5.74) is 3.20. The van der Waals surface area contributed by atoms with E-state index >= 15 is 0 Å². The van der Waals surface area contributed by atoms with E-state index in [1.54, 1.807) is 32.1 Å². The normalized spacial score (nSPS) is 25.9. The SMILES string of the molecule is CC(C)(C)c1ccc2[cH-]c3ccc(C(C)(C)C)cc3c2c1.[C-]1=CC=CC1.[Zn]=[C]1C2CC3CC(C2)CC1C3. The van der Waals surface area contributed by atoms with Gasteiger partial charge in [0.1, 0.15) is 0 Å². The van der Waals surface area contributed by atoms with Crippen LogP contribution in [0.25, 0.3) is 21.5 Å². The van der Waals surface area contributed by atoms with Gasteiger partial charge in [0.2, 0.25) is 0 Å². The third-order valence-corrected chi connectivity index (χ3v) is 11.6. The van der Waals surface area contributed by atoms with E-state index in [1.165, 1.54) is 50.5 Å². The second-order valence-electron chi connectivity index (χ2n) is 14.1. The molecule has 3 aromatic rings. The molecule has 4 bridgehead atoms. The van der Waals surface area contributed by atoms with Crippen LogP contribution in [0.3, 0.4) is 0 Å². The van der Waals surface area contributed by atoms with Crippen LogP contribution in [-0.4, -0.2) is 4.11 Å². The van der Waals surface area contributed by atoms with E-state index in [2.05, 4.69) is 96.2 Å². The molecule has 3 aromatic carbocycles. The van der Waals surface area contributed by atoms with Crippen molar-refractivity contribution in [1.82, 2.24) is 0 Å². The summed E-state index contributed by atoms with van der Waals surface area (Å²) in [6.45, 7) is 13.7. The maximum absolute atomic E-state index is 2.99. The molecule has 1 heteroatoms. The van der Waals surface area contributed by atoms with Gasteiger partial charge in [0.25, 0.3) is 0 Å². The molecule has 4 fully saturated rings. The summed E-state index contributed by atoms with van der Waals surface area (Å²) in [4.78, 5) is 0. The minimum atomic E-state index is 0.194. The summed E-state index contributed by atoms with van der Waals surface area (Å²) >= 11 is 1.51. The second kappa shape index (κ2) is 10.5. The Kier molecular flexibility index (Phi) is 7.59. The Bertz CT molecular complexity index is 1220. The first-order chi connectivity index (χ1) is 17.5. The van der Waals surface area contributed by atoms with Gasteiger partial charge in [0.15, 0.2) is 0 Å². The first kappa shape index (κ1) is 26.9. The van der Waals surface area contributed by atoms with E-state index in [4.69, 9.17) is 0 Å². The Morgan fingerprint density at radius 1 is 0.730 bits per heavy atom. The Morgan fingerprint density at radius 2 is 1.22 bits per heavy atom. The summed E-state index contributed by atoms with van der Waals surface area (Å²) in [6, 6.07) is 16.1. The number of hydrogen-bond donors (Lipinski definition) is 0. The molecule has 0 atom stereocenters. The van der Waals surface area contributed by atoms with Crippen molar-refractivity contribution < 1.29 is 17.9 Å². The predicted molar refractivity (Wildman–Crippen MR) is 158 cm³/mol. The molecule has 8 rings (SSSR count). The van der Waals surface area contributed by atoms with E-state index in [9.17, 15) is 0 Å². The summed E-state index contributed by atoms with van der Waals surface area (Å²) in [5, 5.41) is 5.49. The molecule has 0 N–H and O–H groups in total. The molecule has 0 heterocycles. The first-order valence-electron chi connectivity index (χ1n) is 14.5. The van der Waals surface area contributed by atoms with E-state index in [-0.39, 0.29) is 10.8 Å². The fraction of sp³-hybridized carbons (Fsp3) is 0.500. The van der Waals surface area contributed by atoms with Crippen LogP contribution in [0.4, 0.5) is 0 Å². The average Bonchev–Trinajstić information content (AvgIpc) is 3.52. The van der Waals surface area contributed by atoms with Crippen molar-refractivity contribution in [1.29, 1.82) is 0 Å². The zero-order valence-electron chi connectivity index (χ0n) is 24.0. The van der Waals surface area contributed by atoms with Gasteiger partial charge in [-0.25, -0.2) is 12.2 Å². The standard InChI is InChI=1S/C21H25.C10H14.C5H5.Zn/c1-20(2,3)16-9-7-14-11-15-8-10-17(21(4,5)6)13-19(15)18(14)12-16;1-7-2-9-4-8(1)5-10(3-7)6-9;1-2-4-5-3-1;/h7-13H,1-6H3;7-10H,1-5H2;1-3H,4H2;/q-1;;-1;. The van der Waals surface area contributed by atoms with Crippen molar-refractivity contribution in [2.45, 2.75) is 90.9 Å². The Morgan fingerprint density at radius 3 is 1.57 bits per heavy atom. The molecule has 0 spiro atoms. The molecule has 0 unspecified atom stereocenters. The Hall–Kier alpha value is -1.72. The Labute approximate surface area is 235 Å². The number of hydrogen-bond acceptors (Lipinski definition) is 0. The molecule has 0 nitrogen and oxygen atoms in total. The minimum absolute atomic E-state index is 0.194. The van der Waals surface area contributed by atoms with Crippen molar-refractivity contribution in [3.05, 3.63) is 77.9 Å². The van der Waals surface area contributed by atoms with Crippen molar-refractivity contribution in [2.75, 3.05) is 0 Å². The number of fused-ring (bicyclic) bond motifs is 3. The van der Waals surface area contributed by atoms with Crippen LogP contribution in [0.1, 0.15) is 91.2 Å². The number of benzene rings is 2. The molecule has 37 heavy (non-hydrogen) atoms. The van der Waals surface area contributed by atoms with Gasteiger partial charge in [0, 0.05) is 0 Å². The molecule has 5 aliphatic carbocycles. The molecule has 0 saturated heterocycles. The van der Waals surface area contributed by atoms with Crippen molar-refractivity contribution in [3.8, 4) is 0 Å². The van der Waals surface area contributed by atoms with E-state index in [0.29, 0.717) is 0 Å². The van der Waals surface area contributed by atoms with Crippen molar-refractivity contribution in [3.63, 3.8) is 0 Å². The van der Waals surface area contributed by atoms with Crippen molar-refractivity contribution >= 4 is 25.7 Å². The van der Waals surface area contributed by atoms with Crippen LogP contribution in [0, 0.1) is 29.7 Å². The molecule has 5 aliphatic rings. The summed E-state index contributed by atoms with van der Waals surface area (Å²) in [5.74, 6) is 4.55. The van der Waals surface area contributed by atoms with E-state index in [1.807, 2.05) is 16.3 Å². The van der Waals surface area contributed by atoms with Crippen LogP contribution >= 0.6 is 0 Å². The van der Waals surface area contributed by atoms with Crippen molar-refractivity contribution in [2.24, 2.45) is 23.7 Å². The van der Waals surface area contributed by atoms with Gasteiger partial charge in [-0.1, -0.05) is 76.9 Å². The zero-order chi connectivity index (χ0) is 26.4. The van der Waals surface area contributed by atoms with E-state index < -0.39 is 0 Å². The van der Waals surface area contributed by atoms with Crippen LogP contribution in [0.2, 0.25) is 0 Å². The molecule has 0 aromatic heterocycles. The van der Waals surface area contributed by atoms with Gasteiger partial charge in [-0.15, -0.1) is 46.2 Å². The second-order valence-corrected chi connectivity index (χ2v) is 15.8. The van der Waals surface area contributed by atoms with Gasteiger partial charge in [-0.3, -0.25) is 6.08 Å². The third-order valence-electron chi connectivity index (χ3n) is 9.21. The number of allylic oxidation sites excluding steroid dienone is 4. The summed E-state index contributed by atoms with van der Waals surface area (Å²) in [7, 11) is 0. The quantitative estimate of drug-likeness (QED) is 0.196. The fourth-order valence-electron chi connectivity index (χ4n) is 7.06. The summed E-state index contributed by atoms with van der Waals surface area (Å²) in [6.07, 6.45) is 17.9. The van der Waals surface area contributed by atoms with Crippen LogP contribution < -0.4 is 0 Å². The molecular formula is C36H44Zn-2. The monoisotopic (exact) mass is 540 g/mol. The topological polar surface area (TPSA) is 0 Å². The van der Waals surface area contributed by atoms with Crippen LogP contribution in [0.15, 0.2) is 60.7 Å². The first-order valence-corrected chi connectivity index (χ1v) is 16.0. The van der Waals surface area contributed by atoms with Gasteiger partial charge in [0.05, 0.1) is 0 Å². The molecule has 192 valence electrons. The maximum atomic E-state index is 2.99.